The molecule has 8 aliphatic heterocycles. The maximum absolute atomic E-state index is 14.1. The van der Waals surface area contributed by atoms with E-state index in [1.54, 1.807) is 30.7 Å². The number of anilines is 8. The van der Waals surface area contributed by atoms with E-state index in [0.29, 0.717) is 24.4 Å². The van der Waals surface area contributed by atoms with Gasteiger partial charge in [-0.2, -0.15) is 5.10 Å². The van der Waals surface area contributed by atoms with E-state index in [-0.39, 0.29) is 67.4 Å². The van der Waals surface area contributed by atoms with Crippen LogP contribution in [-0.4, -0.2) is 177 Å². The maximum atomic E-state index is 14.1. The van der Waals surface area contributed by atoms with Gasteiger partial charge in [0.05, 0.1) is 42.1 Å². The molecule has 0 saturated carbocycles. The molecule has 0 unspecified atom stereocenters. The highest BCUT2D eigenvalue weighted by Crippen LogP contribution is 2.44. The average Bonchev–Trinajstić information content (AvgIpc) is 1.20. The van der Waals surface area contributed by atoms with Crippen LogP contribution in [-0.2, 0) is 49.9 Å². The minimum Gasteiger partial charge on any atom is -0.476 e. The van der Waals surface area contributed by atoms with Crippen LogP contribution >= 0.6 is 11.3 Å². The summed E-state index contributed by atoms with van der Waals surface area (Å²) >= 11 is 1.40. The second kappa shape index (κ2) is 42.4. The molecular weight excluding hydrogens is 1660 g/mol. The zero-order valence-electron chi connectivity index (χ0n) is 81.5. The fourth-order valence-electron chi connectivity index (χ4n) is 18.6. The van der Waals surface area contributed by atoms with Gasteiger partial charge in [-0.1, -0.05) is 42.5 Å². The lowest BCUT2D eigenvalue weighted by molar-refractivity contribution is 0.0691. The molecule has 1 fully saturated rings. The number of nitrogens with one attached hydrogen (secondary N) is 2. The number of carbonyl (C=O) groups excluding carboxylic acids is 1. The normalized spacial score (nSPS) is 16.1. The molecule has 26 heteroatoms. The van der Waals surface area contributed by atoms with Gasteiger partial charge >= 0.3 is 5.97 Å². The molecule has 0 radical (unpaired) electrons. The number of rotatable bonds is 8. The molecule has 0 atom stereocenters. The van der Waals surface area contributed by atoms with Crippen molar-refractivity contribution in [2.45, 2.75) is 274 Å². The van der Waals surface area contributed by atoms with Crippen molar-refractivity contribution in [2.75, 3.05) is 131 Å². The van der Waals surface area contributed by atoms with Crippen molar-refractivity contribution < 1.29 is 32.6 Å². The third-order valence-corrected chi connectivity index (χ3v) is 25.8. The molecule has 3 N–H and O–H groups in total. The molecule has 0 bridgehead atoms. The quantitative estimate of drug-likeness (QED) is 0.0958. The molecule has 702 valence electrons. The van der Waals surface area contributed by atoms with Gasteiger partial charge in [-0.3, -0.25) is 14.2 Å². The Hall–Kier alpha value is -10.5. The predicted molar refractivity (Wildman–Crippen MR) is 530 cm³/mol. The fraction of sp³-hybridized carbons (Fsp3) is 0.538. The molecule has 22 nitrogen and oxygen atoms in total. The van der Waals surface area contributed by atoms with Crippen LogP contribution in [0.4, 0.5) is 64.7 Å². The van der Waals surface area contributed by atoms with E-state index in [9.17, 15) is 27.6 Å². The van der Waals surface area contributed by atoms with Crippen molar-refractivity contribution in [1.29, 1.82) is 0 Å². The van der Waals surface area contributed by atoms with Gasteiger partial charge < -0.3 is 59.7 Å². The Morgan fingerprint density at radius 2 is 0.962 bits per heavy atom. The maximum Gasteiger partial charge on any atom is 0.355 e. The third-order valence-electron chi connectivity index (χ3n) is 24.9. The number of nitrogens with zero attached hydrogens (tertiary/aromatic N) is 15. The number of thiazole rings is 1. The lowest BCUT2D eigenvalue weighted by atomic mass is 9.89. The van der Waals surface area contributed by atoms with Gasteiger partial charge in [-0.25, -0.2) is 42.4 Å². The number of halogens is 3. The van der Waals surface area contributed by atoms with Gasteiger partial charge in [0.15, 0.2) is 17.3 Å². The number of carboxylic acids is 1. The van der Waals surface area contributed by atoms with E-state index >= 15 is 0 Å². The Bertz CT molecular complexity index is 5450. The molecule has 5 aromatic heterocycles. The summed E-state index contributed by atoms with van der Waals surface area (Å²) in [6.07, 6.45) is 14.3. The topological polar surface area (TPSA) is 196 Å². The van der Waals surface area contributed by atoms with Crippen LogP contribution in [0.5, 0.6) is 0 Å². The van der Waals surface area contributed by atoms with E-state index in [0.717, 1.165) is 200 Å². The number of hydrogen-bond acceptors (Lipinski definition) is 18. The number of hydrogen-bond donors (Lipinski definition) is 3. The molecule has 8 aliphatic rings. The molecule has 4 aromatic carbocycles. The summed E-state index contributed by atoms with van der Waals surface area (Å²) in [5.74, 6) is 0.447. The van der Waals surface area contributed by atoms with Crippen molar-refractivity contribution in [3.8, 4) is 21.7 Å². The monoisotopic (exact) mass is 1800 g/mol. The first-order valence-corrected chi connectivity index (χ1v) is 47.6. The standard InChI is InChI=1S/C19H21F2N.C17H20N2O2S.C16H26N4.C16H25N3O2.C14H17FN2.C12H18N2O.C10H17N3/c1-19(2,3)22-11-5-7-15-14(6-4-8-18(15)22)13-9-10-16(20)17(21)12-13;1-17(2,3)19-9-5-7-11-12(6-4-8-14(11)19)15-18-13(10-22-15)16(20)21;1-16(2,3)20-10-4-5-13-14(20)6-7-15(18-13)19-11-8-17-9-12-19;1-16(2,3)19-10-5-6-12-14(19)8-7-13(18-12)15(20)17-9-11-21-4;1-14(2,3)17-9-5-6-10-12(17)8-7-11(16-4)13(10)15;1-12(2,3)14-9-5-8-13-10(14)6-4-7-11(13)15;1-10(2,3)12-7-4-8-13-9(12)5-6-11-13/h4,6,8-10,12H,5,7,11H2,1-3H3;4,6,8,10H,5,7,9H2,1-3H3,(H,20,21);6-7,17H,4-5,8-12H2,1-3H3;7-8H,5-6,9-11H2,1-4H3,(H,17,20);7-8H,5-6,9H2,1-3H3;4,6-7H,5,8-9H2,1-3H3;5-6H,4,7-8H2,1-3H3. The number of aryl methyl sites for hydroxylation is 3. The van der Waals surface area contributed by atoms with Crippen LogP contribution in [0.1, 0.15) is 239 Å². The molecule has 0 aliphatic carbocycles. The highest BCUT2D eigenvalue weighted by atomic mass is 32.1. The number of carbonyl (C=O) groups is 2. The Kier molecular flexibility index (Phi) is 32.6. The Balaban J connectivity index is 0.000000148. The molecule has 0 spiro atoms. The minimum atomic E-state index is -0.969. The summed E-state index contributed by atoms with van der Waals surface area (Å²) in [7, 11) is 1.62. The second-order valence-corrected chi connectivity index (χ2v) is 42.5. The van der Waals surface area contributed by atoms with Crippen LogP contribution < -0.4 is 55.4 Å². The van der Waals surface area contributed by atoms with E-state index in [2.05, 4.69) is 256 Å². The Morgan fingerprint density at radius 3 is 1.49 bits per heavy atom. The summed E-state index contributed by atoms with van der Waals surface area (Å²) in [5.41, 5.74) is 15.8. The lowest BCUT2D eigenvalue weighted by Crippen LogP contribution is -2.47. The number of carboxylic acid groups (broad SMARTS) is 1. The molecule has 17 rings (SSSR count). The van der Waals surface area contributed by atoms with Gasteiger partial charge in [0, 0.05) is 183 Å². The molecule has 1 amide bonds. The van der Waals surface area contributed by atoms with Gasteiger partial charge in [-0.05, 0) is 305 Å². The number of aromatic carboxylic acids is 1. The zero-order valence-corrected chi connectivity index (χ0v) is 82.4. The van der Waals surface area contributed by atoms with Crippen molar-refractivity contribution in [3.63, 3.8) is 0 Å². The van der Waals surface area contributed by atoms with Gasteiger partial charge in [-0.15, -0.1) is 11.3 Å². The van der Waals surface area contributed by atoms with E-state index in [1.807, 2.05) is 59.3 Å². The van der Waals surface area contributed by atoms with Crippen LogP contribution in [0.2, 0.25) is 0 Å². The summed E-state index contributed by atoms with van der Waals surface area (Å²) in [4.78, 5) is 70.8. The van der Waals surface area contributed by atoms with Gasteiger partial charge in [0.1, 0.15) is 34.0 Å². The smallest absolute Gasteiger partial charge is 0.355 e. The van der Waals surface area contributed by atoms with Crippen LogP contribution in [0.3, 0.4) is 0 Å². The van der Waals surface area contributed by atoms with E-state index < -0.39 is 17.6 Å². The van der Waals surface area contributed by atoms with Crippen molar-refractivity contribution in [1.82, 2.24) is 39.9 Å². The first-order chi connectivity index (χ1) is 61.3. The van der Waals surface area contributed by atoms with Crippen molar-refractivity contribution >= 4 is 74.8 Å². The second-order valence-electron chi connectivity index (χ2n) is 41.6. The Morgan fingerprint density at radius 1 is 0.485 bits per heavy atom. The number of methoxy groups -OCH3 is 1. The number of fused-ring (bicyclic) bond motifs is 7. The van der Waals surface area contributed by atoms with Crippen molar-refractivity contribution in [2.24, 2.45) is 0 Å². The lowest BCUT2D eigenvalue weighted by Gasteiger charge is -2.42. The first kappa shape index (κ1) is 100. The number of piperazine rings is 1. The average molecular weight is 1800 g/mol. The zero-order chi connectivity index (χ0) is 94.6. The number of benzene rings is 4. The summed E-state index contributed by atoms with van der Waals surface area (Å²) in [5, 5.41) is 22.0. The molecule has 9 aromatic rings. The van der Waals surface area contributed by atoms with Crippen LogP contribution in [0.25, 0.3) is 26.5 Å². The summed E-state index contributed by atoms with van der Waals surface area (Å²) < 4.78 is 49.7. The molecule has 13 heterocycles. The van der Waals surface area contributed by atoms with Crippen LogP contribution in [0.15, 0.2) is 132 Å². The highest BCUT2D eigenvalue weighted by Gasteiger charge is 2.36. The van der Waals surface area contributed by atoms with Crippen molar-refractivity contribution in [3.05, 3.63) is 206 Å². The number of pyridine rings is 3. The largest absolute Gasteiger partial charge is 0.476 e. The predicted octanol–water partition coefficient (Wildman–Crippen LogP) is 21.0. The molecule has 1 saturated heterocycles. The third kappa shape index (κ3) is 24.8. The first-order valence-electron chi connectivity index (χ1n) is 46.7. The highest BCUT2D eigenvalue weighted by molar-refractivity contribution is 7.13. The van der Waals surface area contributed by atoms with E-state index in [1.165, 1.54) is 76.0 Å². The molecule has 130 heavy (non-hydrogen) atoms. The molecular formula is C104H144F3N17O5S. The summed E-state index contributed by atoms with van der Waals surface area (Å²) in [6.45, 7) is 67.9. The number of amides is 1. The minimum absolute atomic E-state index is 0.0127. The summed E-state index contributed by atoms with van der Waals surface area (Å²) in [6, 6.07) is 35.9. The van der Waals surface area contributed by atoms with Gasteiger partial charge in [0.25, 0.3) is 11.5 Å². The number of aromatic nitrogens is 6. The van der Waals surface area contributed by atoms with E-state index in [4.69, 9.17) is 21.4 Å². The van der Waals surface area contributed by atoms with Crippen LogP contribution in [0, 0.1) is 24.0 Å². The fourth-order valence-corrected chi connectivity index (χ4v) is 19.4. The Labute approximate surface area is 775 Å². The van der Waals surface area contributed by atoms with Gasteiger partial charge in [0.2, 0.25) is 5.69 Å². The SMILES string of the molecule is CC(C)(C)N1CCCc2c(-c3ccc(F)c(F)c3)cccc21.CC(C)(C)N1CCCc2c(-c3nc(C(=O)O)cs3)cccc21.CC(C)(C)N1CCCc2nc(N3CCNCC3)ccc21.CC(C)(C)N1CCCn2c1cccc2=O.CC(C)(C)N1CCCn2nccc21.COCCNC(=O)c1ccc2c(n1)CCCN2C(C)(C)C.[C-]#[N+]c1ccc2c(c1F)CCCN2C(C)(C)C. The number of ether oxygens (including phenoxy) is 1.